The molecule has 1 heterocycles. The van der Waals surface area contributed by atoms with Crippen molar-refractivity contribution in [1.82, 2.24) is 4.98 Å². The predicted molar refractivity (Wildman–Crippen MR) is 73.0 cm³/mol. The maximum Gasteiger partial charge on any atom is 0.421 e. The van der Waals surface area contributed by atoms with Gasteiger partial charge in [0.05, 0.1) is 15.4 Å². The van der Waals surface area contributed by atoms with Crippen LogP contribution in [-0.2, 0) is 5.60 Å². The first-order chi connectivity index (χ1) is 9.20. The Balaban J connectivity index is 2.18. The molecule has 1 aromatic carbocycles. The van der Waals surface area contributed by atoms with Gasteiger partial charge in [-0.25, -0.2) is 4.98 Å². The van der Waals surface area contributed by atoms with Gasteiger partial charge in [-0.2, -0.15) is 13.2 Å². The fraction of sp³-hybridized carbons (Fsp3) is 0.308. The van der Waals surface area contributed by atoms with Gasteiger partial charge < -0.3 is 5.11 Å². The van der Waals surface area contributed by atoms with E-state index in [9.17, 15) is 18.3 Å². The number of nitrogens with zero attached hydrogens (tertiary/aromatic N) is 1. The van der Waals surface area contributed by atoms with E-state index in [2.05, 4.69) is 4.98 Å². The van der Waals surface area contributed by atoms with Gasteiger partial charge in [0.15, 0.2) is 5.60 Å². The number of thiazole rings is 1. The van der Waals surface area contributed by atoms with E-state index in [0.29, 0.717) is 0 Å². The van der Waals surface area contributed by atoms with E-state index < -0.39 is 11.8 Å². The summed E-state index contributed by atoms with van der Waals surface area (Å²) < 4.78 is 39.1. The lowest BCUT2D eigenvalue weighted by molar-refractivity contribution is -0.258. The molecule has 0 amide bonds. The predicted octanol–water partition coefficient (Wildman–Crippen LogP) is 4.37. The van der Waals surface area contributed by atoms with E-state index in [0.717, 1.165) is 21.0 Å². The number of hydrogen-bond donors (Lipinski definition) is 1. The van der Waals surface area contributed by atoms with E-state index in [1.54, 1.807) is 18.3 Å². The molecule has 2 aromatic rings. The summed E-state index contributed by atoms with van der Waals surface area (Å²) in [5, 5.41) is 10.5. The summed E-state index contributed by atoms with van der Waals surface area (Å²) in [6.45, 7) is 2.64. The maximum absolute atomic E-state index is 12.7. The molecule has 0 aliphatic carbocycles. The van der Waals surface area contributed by atoms with Gasteiger partial charge in [-0.1, -0.05) is 23.9 Å². The first kappa shape index (κ1) is 15.3. The van der Waals surface area contributed by atoms with Crippen LogP contribution in [0.5, 0.6) is 0 Å². The number of benzene rings is 1. The molecule has 0 bridgehead atoms. The summed E-state index contributed by atoms with van der Waals surface area (Å²) >= 11 is 2.95. The molecule has 0 spiro atoms. The zero-order valence-corrected chi connectivity index (χ0v) is 12.4. The molecule has 2 nitrogen and oxygen atoms in total. The van der Waals surface area contributed by atoms with Crippen molar-refractivity contribution >= 4 is 23.1 Å². The molecule has 0 aliphatic rings. The van der Waals surface area contributed by atoms with Gasteiger partial charge in [-0.3, -0.25) is 0 Å². The summed E-state index contributed by atoms with van der Waals surface area (Å²) in [5.41, 5.74) is -3.01. The molecule has 0 saturated heterocycles. The highest BCUT2D eigenvalue weighted by Gasteiger charge is 2.51. The van der Waals surface area contributed by atoms with Crippen LogP contribution in [0.3, 0.4) is 0 Å². The Kier molecular flexibility index (Phi) is 4.13. The van der Waals surface area contributed by atoms with Gasteiger partial charge in [0.25, 0.3) is 0 Å². The fourth-order valence-corrected chi connectivity index (χ4v) is 3.45. The number of aromatic nitrogens is 1. The Labute approximate surface area is 122 Å². The summed E-state index contributed by atoms with van der Waals surface area (Å²) in [4.78, 5) is 4.91. The lowest BCUT2D eigenvalue weighted by Gasteiger charge is -2.26. The quantitative estimate of drug-likeness (QED) is 0.912. The van der Waals surface area contributed by atoms with Crippen molar-refractivity contribution in [2.45, 2.75) is 34.7 Å². The molecule has 0 saturated carbocycles. The Morgan fingerprint density at radius 1 is 1.20 bits per heavy atom. The average molecular weight is 319 g/mol. The second-order valence-corrected chi connectivity index (χ2v) is 7.00. The summed E-state index contributed by atoms with van der Waals surface area (Å²) in [6, 6.07) is 5.72. The van der Waals surface area contributed by atoms with Crippen LogP contribution in [0.2, 0.25) is 0 Å². The largest absolute Gasteiger partial charge is 0.421 e. The van der Waals surface area contributed by atoms with Crippen molar-refractivity contribution in [3.05, 3.63) is 41.0 Å². The van der Waals surface area contributed by atoms with Crippen molar-refractivity contribution in [1.29, 1.82) is 0 Å². The van der Waals surface area contributed by atoms with Gasteiger partial charge in [0, 0.05) is 4.90 Å². The summed E-state index contributed by atoms with van der Waals surface area (Å²) in [5.74, 6) is 0. The number of hydrogen-bond acceptors (Lipinski definition) is 4. The average Bonchev–Trinajstić information content (AvgIpc) is 2.74. The molecule has 1 N–H and O–H groups in total. The molecule has 108 valence electrons. The van der Waals surface area contributed by atoms with Crippen LogP contribution in [0.1, 0.15) is 17.5 Å². The minimum absolute atomic E-state index is 0.171. The number of rotatable bonds is 3. The van der Waals surface area contributed by atoms with Crippen LogP contribution in [0.4, 0.5) is 13.2 Å². The van der Waals surface area contributed by atoms with Crippen LogP contribution in [0.15, 0.2) is 39.6 Å². The molecule has 0 radical (unpaired) electrons. The third kappa shape index (κ3) is 3.16. The Morgan fingerprint density at radius 2 is 1.80 bits per heavy atom. The molecule has 0 aliphatic heterocycles. The second-order valence-electron chi connectivity index (χ2n) is 4.39. The first-order valence-corrected chi connectivity index (χ1v) is 7.33. The third-order valence-electron chi connectivity index (χ3n) is 2.79. The van der Waals surface area contributed by atoms with E-state index in [-0.39, 0.29) is 5.56 Å². The van der Waals surface area contributed by atoms with Crippen LogP contribution < -0.4 is 0 Å². The fourth-order valence-electron chi connectivity index (χ4n) is 1.52. The maximum atomic E-state index is 12.7. The van der Waals surface area contributed by atoms with Gasteiger partial charge in [0.1, 0.15) is 0 Å². The Morgan fingerprint density at radius 3 is 2.25 bits per heavy atom. The van der Waals surface area contributed by atoms with Gasteiger partial charge in [0.2, 0.25) is 0 Å². The van der Waals surface area contributed by atoms with Crippen LogP contribution in [-0.4, -0.2) is 16.3 Å². The highest BCUT2D eigenvalue weighted by molar-refractivity contribution is 8.01. The molecule has 0 fully saturated rings. The summed E-state index contributed by atoms with van der Waals surface area (Å²) in [6.07, 6.45) is -2.97. The minimum Gasteiger partial charge on any atom is -0.376 e. The zero-order chi connectivity index (χ0) is 15.0. The van der Waals surface area contributed by atoms with E-state index >= 15 is 0 Å². The topological polar surface area (TPSA) is 33.1 Å². The minimum atomic E-state index is -4.70. The zero-order valence-electron chi connectivity index (χ0n) is 10.7. The van der Waals surface area contributed by atoms with Crippen molar-refractivity contribution in [3.63, 3.8) is 0 Å². The van der Waals surface area contributed by atoms with Gasteiger partial charge in [-0.05, 0) is 31.5 Å². The molecule has 2 rings (SSSR count). The molecule has 20 heavy (non-hydrogen) atoms. The third-order valence-corrected chi connectivity index (χ3v) is 4.81. The highest BCUT2D eigenvalue weighted by atomic mass is 32.2. The highest BCUT2D eigenvalue weighted by Crippen LogP contribution is 2.39. The molecule has 1 atom stereocenters. The van der Waals surface area contributed by atoms with Gasteiger partial charge >= 0.3 is 6.18 Å². The molecule has 1 unspecified atom stereocenters. The number of aryl methyl sites for hydroxylation is 1. The Hall–Kier alpha value is -1.05. The lowest BCUT2D eigenvalue weighted by Crippen LogP contribution is -2.39. The number of alkyl halides is 3. The first-order valence-electron chi connectivity index (χ1n) is 5.70. The van der Waals surface area contributed by atoms with Crippen molar-refractivity contribution in [2.24, 2.45) is 0 Å². The van der Waals surface area contributed by atoms with Crippen molar-refractivity contribution < 1.29 is 18.3 Å². The number of halogens is 3. The number of aliphatic hydroxyl groups is 1. The van der Waals surface area contributed by atoms with E-state index in [1.807, 2.05) is 6.92 Å². The van der Waals surface area contributed by atoms with Crippen molar-refractivity contribution in [2.75, 3.05) is 0 Å². The lowest BCUT2D eigenvalue weighted by atomic mass is 9.96. The monoisotopic (exact) mass is 319 g/mol. The molecule has 7 heteroatoms. The van der Waals surface area contributed by atoms with Gasteiger partial charge in [-0.15, -0.1) is 11.3 Å². The van der Waals surface area contributed by atoms with E-state index in [4.69, 9.17) is 0 Å². The molecular formula is C13H12F3NOS2. The Bertz CT molecular complexity index is 590. The molecular weight excluding hydrogens is 307 g/mol. The summed E-state index contributed by atoms with van der Waals surface area (Å²) in [7, 11) is 0. The second kappa shape index (κ2) is 5.38. The van der Waals surface area contributed by atoms with Crippen LogP contribution in [0, 0.1) is 6.92 Å². The standard InChI is InChI=1S/C13H12F3NOS2/c1-8-17-7-11(19-8)20-10-5-3-9(4-6-10)12(2,18)13(14,15)16/h3-7,18H,1-2H3. The normalized spacial score (nSPS) is 15.1. The van der Waals surface area contributed by atoms with Crippen LogP contribution >= 0.6 is 23.1 Å². The SMILES string of the molecule is Cc1ncc(Sc2ccc(C(C)(O)C(F)(F)F)cc2)s1. The van der Waals surface area contributed by atoms with Crippen LogP contribution in [0.25, 0.3) is 0 Å². The van der Waals surface area contributed by atoms with Crippen molar-refractivity contribution in [3.8, 4) is 0 Å². The smallest absolute Gasteiger partial charge is 0.376 e. The van der Waals surface area contributed by atoms with E-state index in [1.165, 1.54) is 35.2 Å². The molecule has 1 aromatic heterocycles.